The molecule has 13 heteroatoms. The molecule has 4 aromatic carbocycles. The number of ether oxygens (including phenoxy) is 1. The summed E-state index contributed by atoms with van der Waals surface area (Å²) in [6, 6.07) is 22.5. The van der Waals surface area contributed by atoms with E-state index in [-0.39, 0.29) is 43.9 Å². The smallest absolute Gasteiger partial charge is 0.416 e. The number of rotatable bonds is 6. The summed E-state index contributed by atoms with van der Waals surface area (Å²) in [5.41, 5.74) is -1.96. The highest BCUT2D eigenvalue weighted by Gasteiger charge is 2.50. The van der Waals surface area contributed by atoms with Crippen LogP contribution in [0.1, 0.15) is 34.7 Å². The number of amides is 3. The van der Waals surface area contributed by atoms with Gasteiger partial charge in [0, 0.05) is 13.1 Å². The van der Waals surface area contributed by atoms with Crippen LogP contribution in [0.4, 0.5) is 31.1 Å². The van der Waals surface area contributed by atoms with Crippen molar-refractivity contribution in [3.8, 4) is 0 Å². The normalized spacial score (nSPS) is 20.1. The van der Waals surface area contributed by atoms with Crippen molar-refractivity contribution < 1.29 is 45.5 Å². The number of nitrogens with zero attached hydrogens (tertiary/aromatic N) is 3. The lowest BCUT2D eigenvalue weighted by molar-refractivity contribution is -0.172. The topological polar surface area (TPSA) is 70.2 Å². The molecule has 4 aromatic rings. The zero-order valence-electron chi connectivity index (χ0n) is 26.2. The van der Waals surface area contributed by atoms with Crippen molar-refractivity contribution in [1.82, 2.24) is 14.7 Å². The first-order chi connectivity index (χ1) is 23.2. The van der Waals surface area contributed by atoms with Gasteiger partial charge in [-0.1, -0.05) is 72.8 Å². The fraction of sp³-hybridized carbons (Fsp3) is 0.306. The molecule has 2 fully saturated rings. The molecule has 2 saturated heterocycles. The molecule has 2 aliphatic rings. The van der Waals surface area contributed by atoms with Gasteiger partial charge in [-0.3, -0.25) is 14.5 Å². The monoisotopic (exact) mass is 683 g/mol. The van der Waals surface area contributed by atoms with Crippen LogP contribution in [-0.2, 0) is 46.3 Å². The van der Waals surface area contributed by atoms with Gasteiger partial charge in [-0.25, -0.2) is 4.79 Å². The van der Waals surface area contributed by atoms with Crippen LogP contribution in [0.2, 0.25) is 0 Å². The molecular weight excluding hydrogens is 652 g/mol. The summed E-state index contributed by atoms with van der Waals surface area (Å²) >= 11 is 0. The van der Waals surface area contributed by atoms with E-state index in [2.05, 4.69) is 0 Å². The number of alkyl halides is 6. The summed E-state index contributed by atoms with van der Waals surface area (Å²) in [5.74, 6) is -1.50. The third-order valence-electron chi connectivity index (χ3n) is 8.93. The lowest BCUT2D eigenvalue weighted by Crippen LogP contribution is -2.72. The van der Waals surface area contributed by atoms with Gasteiger partial charge >= 0.3 is 18.4 Å². The SMILES string of the molecule is C[C@H]1C(=O)N(Cc2ccccc2)C[C@@H]2N(C(=O)OCc3cc(C(F)(F)F)cc(C(F)(F)F)c3)C[C@H](Cc3ccc4ccccc4c3)C(=O)N21. The number of hydrogen-bond donors (Lipinski definition) is 0. The van der Waals surface area contributed by atoms with Crippen LogP contribution < -0.4 is 0 Å². The van der Waals surface area contributed by atoms with E-state index in [0.29, 0.717) is 12.1 Å². The molecule has 256 valence electrons. The second-order valence-electron chi connectivity index (χ2n) is 12.3. The lowest BCUT2D eigenvalue weighted by Gasteiger charge is -2.53. The maximum absolute atomic E-state index is 14.0. The molecule has 0 aliphatic carbocycles. The largest absolute Gasteiger partial charge is 0.444 e. The lowest BCUT2D eigenvalue weighted by atomic mass is 9.91. The molecular formula is C36H31F6N3O4. The van der Waals surface area contributed by atoms with E-state index in [1.54, 1.807) is 6.92 Å². The molecule has 0 spiro atoms. The number of benzene rings is 4. The van der Waals surface area contributed by atoms with Crippen molar-refractivity contribution in [2.75, 3.05) is 13.1 Å². The molecule has 2 heterocycles. The second-order valence-corrected chi connectivity index (χ2v) is 12.3. The fourth-order valence-electron chi connectivity index (χ4n) is 6.53. The summed E-state index contributed by atoms with van der Waals surface area (Å²) in [5, 5.41) is 1.93. The van der Waals surface area contributed by atoms with Crippen molar-refractivity contribution in [2.45, 2.75) is 51.1 Å². The summed E-state index contributed by atoms with van der Waals surface area (Å²) in [7, 11) is 0. The Balaban J connectivity index is 1.30. The van der Waals surface area contributed by atoms with Crippen LogP contribution in [0, 0.1) is 5.92 Å². The second kappa shape index (κ2) is 13.1. The minimum absolute atomic E-state index is 0.00141. The average molecular weight is 684 g/mol. The highest BCUT2D eigenvalue weighted by Crippen LogP contribution is 2.37. The molecule has 0 saturated carbocycles. The quantitative estimate of drug-likeness (QED) is 0.201. The number of carbonyl (C=O) groups is 3. The number of halogens is 6. The third kappa shape index (κ3) is 7.20. The van der Waals surface area contributed by atoms with Crippen LogP contribution in [0.15, 0.2) is 91.0 Å². The first kappa shape index (κ1) is 33.8. The van der Waals surface area contributed by atoms with Gasteiger partial charge in [0.15, 0.2) is 0 Å². The Labute approximate surface area is 277 Å². The molecule has 0 N–H and O–H groups in total. The predicted octanol–water partition coefficient (Wildman–Crippen LogP) is 7.27. The van der Waals surface area contributed by atoms with Gasteiger partial charge in [0.1, 0.15) is 18.8 Å². The molecule has 7 nitrogen and oxygen atoms in total. The molecule has 2 aliphatic heterocycles. The van der Waals surface area contributed by atoms with Gasteiger partial charge in [0.25, 0.3) is 0 Å². The van der Waals surface area contributed by atoms with Crippen molar-refractivity contribution >= 4 is 28.7 Å². The molecule has 0 unspecified atom stereocenters. The van der Waals surface area contributed by atoms with Gasteiger partial charge < -0.3 is 14.5 Å². The summed E-state index contributed by atoms with van der Waals surface area (Å²) in [6.07, 6.45) is -12.0. The van der Waals surface area contributed by atoms with Gasteiger partial charge in [-0.2, -0.15) is 26.3 Å². The Bertz CT molecular complexity index is 1850. The van der Waals surface area contributed by atoms with Gasteiger partial charge in [-0.05, 0) is 59.0 Å². The van der Waals surface area contributed by atoms with E-state index in [4.69, 9.17) is 4.74 Å². The highest BCUT2D eigenvalue weighted by molar-refractivity contribution is 5.91. The van der Waals surface area contributed by atoms with Crippen molar-refractivity contribution in [3.63, 3.8) is 0 Å². The van der Waals surface area contributed by atoms with Gasteiger partial charge in [0.05, 0.1) is 23.6 Å². The van der Waals surface area contributed by atoms with Crippen molar-refractivity contribution in [2.24, 2.45) is 5.92 Å². The Morgan fingerprint density at radius 3 is 2.02 bits per heavy atom. The first-order valence-electron chi connectivity index (χ1n) is 15.5. The van der Waals surface area contributed by atoms with Crippen LogP contribution in [-0.4, -0.2) is 57.9 Å². The Kier molecular flexibility index (Phi) is 9.03. The molecule has 3 amide bonds. The maximum Gasteiger partial charge on any atom is 0.416 e. The highest BCUT2D eigenvalue weighted by atomic mass is 19.4. The van der Waals surface area contributed by atoms with E-state index < -0.39 is 59.9 Å². The summed E-state index contributed by atoms with van der Waals surface area (Å²) in [4.78, 5) is 45.4. The molecule has 0 radical (unpaired) electrons. The summed E-state index contributed by atoms with van der Waals surface area (Å²) < 4.78 is 86.2. The van der Waals surface area contributed by atoms with E-state index >= 15 is 0 Å². The minimum atomic E-state index is -5.07. The Hall–Kier alpha value is -5.07. The molecule has 49 heavy (non-hydrogen) atoms. The Morgan fingerprint density at radius 2 is 1.37 bits per heavy atom. The zero-order valence-corrected chi connectivity index (χ0v) is 26.2. The molecule has 6 rings (SSSR count). The average Bonchev–Trinajstić information content (AvgIpc) is 3.06. The predicted molar refractivity (Wildman–Crippen MR) is 166 cm³/mol. The zero-order chi connectivity index (χ0) is 35.1. The molecule has 0 aromatic heterocycles. The molecule has 3 atom stereocenters. The maximum atomic E-state index is 14.0. The number of piperazine rings is 1. The number of hydrogen-bond acceptors (Lipinski definition) is 4. The van der Waals surface area contributed by atoms with Crippen molar-refractivity contribution in [1.29, 1.82) is 0 Å². The third-order valence-corrected chi connectivity index (χ3v) is 8.93. The van der Waals surface area contributed by atoms with Crippen LogP contribution in [0.3, 0.4) is 0 Å². The van der Waals surface area contributed by atoms with E-state index in [9.17, 15) is 40.7 Å². The van der Waals surface area contributed by atoms with Crippen LogP contribution >= 0.6 is 0 Å². The van der Waals surface area contributed by atoms with Gasteiger partial charge in [-0.15, -0.1) is 0 Å². The van der Waals surface area contributed by atoms with E-state index in [1.807, 2.05) is 72.8 Å². The standard InChI is InChI=1S/C36H31F6N3O4/c1-22-32(46)43(18-23-7-3-2-4-8-23)20-31-44(34(48)49-21-25-15-29(35(37,38)39)17-30(16-25)36(40,41)42)19-28(33(47)45(22)31)14-24-11-12-26-9-5-6-10-27(26)13-24/h2-13,15-17,22,28,31H,14,18-21H2,1H3/t22-,28-,31+/m0/s1. The van der Waals surface area contributed by atoms with E-state index in [0.717, 1.165) is 21.9 Å². The fourth-order valence-corrected chi connectivity index (χ4v) is 6.53. The number of fused-ring (bicyclic) bond motifs is 2. The first-order valence-corrected chi connectivity index (χ1v) is 15.5. The molecule has 0 bridgehead atoms. The Morgan fingerprint density at radius 1 is 0.735 bits per heavy atom. The van der Waals surface area contributed by atoms with Crippen molar-refractivity contribution in [3.05, 3.63) is 119 Å². The van der Waals surface area contributed by atoms with Crippen LogP contribution in [0.5, 0.6) is 0 Å². The minimum Gasteiger partial charge on any atom is -0.444 e. The number of carbonyl (C=O) groups excluding carboxylic acids is 3. The summed E-state index contributed by atoms with van der Waals surface area (Å²) in [6.45, 7) is 0.635. The van der Waals surface area contributed by atoms with Gasteiger partial charge in [0.2, 0.25) is 11.8 Å². The van der Waals surface area contributed by atoms with E-state index in [1.165, 1.54) is 14.7 Å². The van der Waals surface area contributed by atoms with Crippen LogP contribution in [0.25, 0.3) is 10.8 Å².